The highest BCUT2D eigenvalue weighted by Gasteiger charge is 2.30. The molecular formula is C13H14N2O4S. The van der Waals surface area contributed by atoms with Crippen molar-refractivity contribution in [1.29, 1.82) is 0 Å². The molecule has 0 saturated carbocycles. The van der Waals surface area contributed by atoms with E-state index < -0.39 is 15.6 Å². The number of hydrogen-bond donors (Lipinski definition) is 1. The molecule has 1 aliphatic heterocycles. The van der Waals surface area contributed by atoms with Crippen LogP contribution in [0.15, 0.2) is 44.4 Å². The second kappa shape index (κ2) is 4.69. The van der Waals surface area contributed by atoms with Crippen molar-refractivity contribution in [2.45, 2.75) is 17.4 Å². The Morgan fingerprint density at radius 1 is 1.25 bits per heavy atom. The van der Waals surface area contributed by atoms with E-state index in [2.05, 4.69) is 0 Å². The summed E-state index contributed by atoms with van der Waals surface area (Å²) in [7, 11) is -3.54. The first-order chi connectivity index (χ1) is 9.46. The summed E-state index contributed by atoms with van der Waals surface area (Å²) in [5, 5.41) is 0.578. The van der Waals surface area contributed by atoms with Crippen molar-refractivity contribution in [3.05, 3.63) is 40.8 Å². The van der Waals surface area contributed by atoms with Crippen LogP contribution in [0, 0.1) is 0 Å². The van der Waals surface area contributed by atoms with Gasteiger partial charge in [-0.1, -0.05) is 0 Å². The van der Waals surface area contributed by atoms with E-state index in [1.165, 1.54) is 28.6 Å². The normalized spacial score (nSPS) is 20.6. The van der Waals surface area contributed by atoms with E-state index in [0.29, 0.717) is 30.5 Å². The van der Waals surface area contributed by atoms with E-state index >= 15 is 0 Å². The van der Waals surface area contributed by atoms with Gasteiger partial charge in [-0.25, -0.2) is 13.2 Å². The average molecular weight is 294 g/mol. The number of hydrogen-bond acceptors (Lipinski definition) is 5. The minimum atomic E-state index is -3.54. The van der Waals surface area contributed by atoms with Crippen molar-refractivity contribution in [3.63, 3.8) is 0 Å². The maximum absolute atomic E-state index is 12.5. The lowest BCUT2D eigenvalue weighted by atomic mass is 10.2. The quantitative estimate of drug-likeness (QED) is 0.815. The van der Waals surface area contributed by atoms with Crippen molar-refractivity contribution in [2.24, 2.45) is 5.73 Å². The highest BCUT2D eigenvalue weighted by molar-refractivity contribution is 7.89. The van der Waals surface area contributed by atoms with Gasteiger partial charge in [0.1, 0.15) is 5.58 Å². The third-order valence-corrected chi connectivity index (χ3v) is 5.28. The van der Waals surface area contributed by atoms with Gasteiger partial charge in [0.15, 0.2) is 0 Å². The molecule has 7 heteroatoms. The molecule has 1 aromatic heterocycles. The summed E-state index contributed by atoms with van der Waals surface area (Å²) >= 11 is 0. The van der Waals surface area contributed by atoms with Gasteiger partial charge in [-0.3, -0.25) is 0 Å². The summed E-state index contributed by atoms with van der Waals surface area (Å²) in [6.07, 6.45) is 0.668. The fourth-order valence-electron chi connectivity index (χ4n) is 2.33. The van der Waals surface area contributed by atoms with Gasteiger partial charge in [0.2, 0.25) is 10.0 Å². The number of nitrogens with two attached hydrogens (primary N) is 1. The molecule has 1 atom stereocenters. The summed E-state index contributed by atoms with van der Waals surface area (Å²) in [6, 6.07) is 7.17. The van der Waals surface area contributed by atoms with Gasteiger partial charge in [-0.05, 0) is 30.7 Å². The lowest BCUT2D eigenvalue weighted by Gasteiger charge is -2.16. The third-order valence-electron chi connectivity index (χ3n) is 3.42. The van der Waals surface area contributed by atoms with Crippen molar-refractivity contribution in [3.8, 4) is 0 Å². The largest absolute Gasteiger partial charge is 0.423 e. The van der Waals surface area contributed by atoms with Crippen molar-refractivity contribution < 1.29 is 12.8 Å². The van der Waals surface area contributed by atoms with Crippen molar-refractivity contribution in [1.82, 2.24) is 4.31 Å². The van der Waals surface area contributed by atoms with Gasteiger partial charge >= 0.3 is 5.63 Å². The second-order valence-electron chi connectivity index (χ2n) is 4.87. The summed E-state index contributed by atoms with van der Waals surface area (Å²) in [4.78, 5) is 11.3. The Morgan fingerprint density at radius 2 is 2.05 bits per heavy atom. The van der Waals surface area contributed by atoms with Gasteiger partial charge in [-0.2, -0.15) is 4.31 Å². The van der Waals surface area contributed by atoms with Gasteiger partial charge in [0.25, 0.3) is 0 Å². The number of sulfonamides is 1. The zero-order valence-corrected chi connectivity index (χ0v) is 11.5. The summed E-state index contributed by atoms with van der Waals surface area (Å²) in [5.74, 6) is 0. The Hall–Kier alpha value is -1.70. The predicted molar refractivity (Wildman–Crippen MR) is 73.8 cm³/mol. The minimum absolute atomic E-state index is 0.108. The molecular weight excluding hydrogens is 280 g/mol. The zero-order valence-electron chi connectivity index (χ0n) is 10.7. The van der Waals surface area contributed by atoms with Crippen LogP contribution in [0.4, 0.5) is 0 Å². The fraction of sp³-hybridized carbons (Fsp3) is 0.308. The maximum atomic E-state index is 12.5. The molecule has 0 bridgehead atoms. The van der Waals surface area contributed by atoms with E-state index in [9.17, 15) is 13.2 Å². The maximum Gasteiger partial charge on any atom is 0.336 e. The van der Waals surface area contributed by atoms with Gasteiger partial charge in [0.05, 0.1) is 4.90 Å². The predicted octanol–water partition coefficient (Wildman–Crippen LogP) is 0.515. The van der Waals surface area contributed by atoms with Crippen LogP contribution in [0.1, 0.15) is 6.42 Å². The first kappa shape index (κ1) is 13.3. The SMILES string of the molecule is NC1CCN(S(=O)(=O)c2ccc3oc(=O)ccc3c2)C1. The molecule has 2 aromatic rings. The molecule has 0 spiro atoms. The standard InChI is InChI=1S/C13H14N2O4S/c14-10-5-6-15(8-10)20(17,18)11-2-3-12-9(7-11)1-4-13(16)19-12/h1-4,7,10H,5-6,8,14H2. The Kier molecular flexibility index (Phi) is 3.12. The topological polar surface area (TPSA) is 93.6 Å². The van der Waals surface area contributed by atoms with E-state index in [4.69, 9.17) is 10.2 Å². The zero-order chi connectivity index (χ0) is 14.3. The van der Waals surface area contributed by atoms with Gasteiger partial charge < -0.3 is 10.2 Å². The van der Waals surface area contributed by atoms with Crippen LogP contribution in [0.5, 0.6) is 0 Å². The first-order valence-corrected chi connectivity index (χ1v) is 7.70. The molecule has 1 fully saturated rings. The lowest BCUT2D eigenvalue weighted by molar-refractivity contribution is 0.472. The van der Waals surface area contributed by atoms with Crippen LogP contribution < -0.4 is 11.4 Å². The van der Waals surface area contributed by atoms with Crippen molar-refractivity contribution >= 4 is 21.0 Å². The Labute approximate surface area is 115 Å². The molecule has 0 aliphatic carbocycles. The van der Waals surface area contributed by atoms with Crippen LogP contribution in [-0.4, -0.2) is 31.9 Å². The Bertz CT molecular complexity index is 812. The smallest absolute Gasteiger partial charge is 0.336 e. The number of rotatable bonds is 2. The number of nitrogens with zero attached hydrogens (tertiary/aromatic N) is 1. The van der Waals surface area contributed by atoms with Crippen molar-refractivity contribution in [2.75, 3.05) is 13.1 Å². The van der Waals surface area contributed by atoms with E-state index in [1.54, 1.807) is 6.07 Å². The summed E-state index contributed by atoms with van der Waals surface area (Å²) in [6.45, 7) is 0.773. The molecule has 3 rings (SSSR count). The van der Waals surface area contributed by atoms with Gasteiger partial charge in [0, 0.05) is 30.6 Å². The molecule has 1 aliphatic rings. The minimum Gasteiger partial charge on any atom is -0.423 e. The first-order valence-electron chi connectivity index (χ1n) is 6.26. The van der Waals surface area contributed by atoms with Crippen LogP contribution in [0.2, 0.25) is 0 Å². The molecule has 1 unspecified atom stereocenters. The molecule has 1 aromatic carbocycles. The highest BCUT2D eigenvalue weighted by atomic mass is 32.2. The summed E-state index contributed by atoms with van der Waals surface area (Å²) < 4.78 is 31.3. The lowest BCUT2D eigenvalue weighted by Crippen LogP contribution is -2.31. The summed E-state index contributed by atoms with van der Waals surface area (Å²) in [5.41, 5.74) is 5.66. The molecule has 106 valence electrons. The van der Waals surface area contributed by atoms with E-state index in [0.717, 1.165) is 0 Å². The number of fused-ring (bicyclic) bond motifs is 1. The average Bonchev–Trinajstić information content (AvgIpc) is 2.85. The molecule has 2 N–H and O–H groups in total. The van der Waals surface area contributed by atoms with Gasteiger partial charge in [-0.15, -0.1) is 0 Å². The van der Waals surface area contributed by atoms with E-state index in [1.807, 2.05) is 0 Å². The Balaban J connectivity index is 2.05. The van der Waals surface area contributed by atoms with Crippen LogP contribution in [0.25, 0.3) is 11.0 Å². The van der Waals surface area contributed by atoms with Crippen LogP contribution in [-0.2, 0) is 10.0 Å². The fourth-order valence-corrected chi connectivity index (χ4v) is 3.88. The third kappa shape index (κ3) is 2.24. The van der Waals surface area contributed by atoms with E-state index in [-0.39, 0.29) is 10.9 Å². The highest BCUT2D eigenvalue weighted by Crippen LogP contribution is 2.23. The molecule has 6 nitrogen and oxygen atoms in total. The number of benzene rings is 1. The molecule has 1 saturated heterocycles. The van der Waals surface area contributed by atoms with Crippen LogP contribution >= 0.6 is 0 Å². The molecule has 2 heterocycles. The Morgan fingerprint density at radius 3 is 2.75 bits per heavy atom. The molecule has 20 heavy (non-hydrogen) atoms. The molecule has 0 amide bonds. The molecule has 0 radical (unpaired) electrons. The second-order valence-corrected chi connectivity index (χ2v) is 6.80. The monoisotopic (exact) mass is 294 g/mol. The van der Waals surface area contributed by atoms with Crippen LogP contribution in [0.3, 0.4) is 0 Å².